The van der Waals surface area contributed by atoms with Crippen LogP contribution in [0.5, 0.6) is 5.75 Å². The fourth-order valence-electron chi connectivity index (χ4n) is 3.36. The topological polar surface area (TPSA) is 92.0 Å². The third-order valence-corrected chi connectivity index (χ3v) is 5.70. The number of H-pyrrole nitrogens is 1. The largest absolute Gasteiger partial charge is 0.507 e. The van der Waals surface area contributed by atoms with E-state index in [1.54, 1.807) is 11.6 Å². The van der Waals surface area contributed by atoms with Gasteiger partial charge in [0.2, 0.25) is 0 Å². The molecule has 0 saturated carbocycles. The van der Waals surface area contributed by atoms with Gasteiger partial charge in [-0.1, -0.05) is 31.2 Å². The molecule has 0 fully saturated rings. The van der Waals surface area contributed by atoms with Crippen LogP contribution in [0.4, 0.5) is 0 Å². The molecule has 0 radical (unpaired) electrons. The molecular weight excluding hydrogens is 346 g/mol. The molecule has 2 heterocycles. The minimum atomic E-state index is -0.151. The maximum absolute atomic E-state index is 12.3. The number of aromatic amines is 1. The number of benzene rings is 2. The highest BCUT2D eigenvalue weighted by Gasteiger charge is 2.18. The van der Waals surface area contributed by atoms with Crippen molar-refractivity contribution in [2.45, 2.75) is 19.8 Å². The molecule has 0 amide bonds. The number of hydrogen-bond acceptors (Lipinski definition) is 5. The minimum Gasteiger partial charge on any atom is -0.507 e. The first-order valence-corrected chi connectivity index (χ1v) is 9.31. The summed E-state index contributed by atoms with van der Waals surface area (Å²) in [4.78, 5) is 19.7. The highest BCUT2D eigenvalue weighted by Crippen LogP contribution is 2.40. The maximum atomic E-state index is 12.3. The van der Waals surface area contributed by atoms with E-state index in [2.05, 4.69) is 16.9 Å². The second-order valence-corrected chi connectivity index (χ2v) is 7.44. The summed E-state index contributed by atoms with van der Waals surface area (Å²) in [6.45, 7) is 4.53. The zero-order valence-corrected chi connectivity index (χ0v) is 15.4. The van der Waals surface area contributed by atoms with Crippen LogP contribution < -0.4 is 11.3 Å². The van der Waals surface area contributed by atoms with Crippen LogP contribution in [0.25, 0.3) is 32.2 Å². The molecule has 6 heteroatoms. The zero-order chi connectivity index (χ0) is 18.4. The molecule has 132 valence electrons. The predicted molar refractivity (Wildman–Crippen MR) is 107 cm³/mol. The van der Waals surface area contributed by atoms with Crippen LogP contribution in [0.1, 0.15) is 24.0 Å². The molecule has 1 atom stereocenters. The minimum absolute atomic E-state index is 0.151. The van der Waals surface area contributed by atoms with Gasteiger partial charge < -0.3 is 15.8 Å². The van der Waals surface area contributed by atoms with E-state index in [-0.39, 0.29) is 17.2 Å². The van der Waals surface area contributed by atoms with Gasteiger partial charge in [-0.15, -0.1) is 11.3 Å². The molecule has 0 bridgehead atoms. The summed E-state index contributed by atoms with van der Waals surface area (Å²) >= 11 is 1.30. The Morgan fingerprint density at radius 3 is 2.73 bits per heavy atom. The molecule has 0 aliphatic heterocycles. The smallest absolute Gasteiger partial charge is 0.268 e. The van der Waals surface area contributed by atoms with Crippen molar-refractivity contribution in [2.75, 3.05) is 6.54 Å². The Morgan fingerprint density at radius 2 is 2.04 bits per heavy atom. The lowest BCUT2D eigenvalue weighted by molar-refractivity contribution is 0.477. The van der Waals surface area contributed by atoms with Crippen molar-refractivity contribution in [1.82, 2.24) is 9.97 Å². The van der Waals surface area contributed by atoms with Crippen LogP contribution >= 0.6 is 11.3 Å². The Bertz CT molecular complexity index is 1180. The monoisotopic (exact) mass is 365 g/mol. The summed E-state index contributed by atoms with van der Waals surface area (Å²) < 4.78 is 0.567. The average molecular weight is 365 g/mol. The van der Waals surface area contributed by atoms with Gasteiger partial charge >= 0.3 is 0 Å². The van der Waals surface area contributed by atoms with Gasteiger partial charge in [0.25, 0.3) is 5.56 Å². The Hall–Kier alpha value is -2.70. The molecule has 4 aromatic rings. The van der Waals surface area contributed by atoms with E-state index in [1.165, 1.54) is 11.3 Å². The Labute approximate surface area is 154 Å². The number of nitrogens with two attached hydrogens (primary N) is 1. The number of nitrogens with zero attached hydrogens (tertiary/aromatic N) is 1. The third-order valence-electron chi connectivity index (χ3n) is 4.87. The van der Waals surface area contributed by atoms with Gasteiger partial charge in [0.1, 0.15) is 10.4 Å². The quantitative estimate of drug-likeness (QED) is 0.514. The maximum Gasteiger partial charge on any atom is 0.268 e. The molecule has 0 aliphatic carbocycles. The predicted octanol–water partition coefficient (Wildman–Crippen LogP) is 3.88. The number of aromatic nitrogens is 2. The van der Waals surface area contributed by atoms with E-state index in [4.69, 9.17) is 5.73 Å². The molecule has 5 nitrogen and oxygen atoms in total. The van der Waals surface area contributed by atoms with Crippen molar-refractivity contribution in [1.29, 1.82) is 0 Å². The van der Waals surface area contributed by atoms with E-state index in [1.807, 2.05) is 31.2 Å². The molecule has 2 aromatic carbocycles. The molecule has 4 N–H and O–H groups in total. The van der Waals surface area contributed by atoms with E-state index < -0.39 is 0 Å². The molecule has 0 spiro atoms. The summed E-state index contributed by atoms with van der Waals surface area (Å²) in [5, 5.41) is 11.5. The molecular formula is C20H19N3O2S. The van der Waals surface area contributed by atoms with Gasteiger partial charge in [-0.25, -0.2) is 4.98 Å². The second-order valence-electron chi connectivity index (χ2n) is 6.58. The van der Waals surface area contributed by atoms with Crippen molar-refractivity contribution in [3.63, 3.8) is 0 Å². The Balaban J connectivity index is 2.06. The van der Waals surface area contributed by atoms with Gasteiger partial charge in [-0.05, 0) is 42.1 Å². The van der Waals surface area contributed by atoms with Gasteiger partial charge in [-0.2, -0.15) is 0 Å². The summed E-state index contributed by atoms with van der Waals surface area (Å²) in [7, 11) is 0. The van der Waals surface area contributed by atoms with Crippen molar-refractivity contribution >= 4 is 32.5 Å². The number of thiazole rings is 1. The standard InChI is InChI=1S/C20H19N3O2S/c1-10-7-14(24)15(13-5-3-12(4-6-13)11(2)8-21)16-17(10)23-20(25)19-18(16)22-9-26-19/h3-7,9,11,24H,8,21H2,1-2H3,(H,23,25)/t11-/m0/s1. The first kappa shape index (κ1) is 16.8. The number of aryl methyl sites for hydroxylation is 1. The fourth-order valence-corrected chi connectivity index (χ4v) is 4.05. The number of pyridine rings is 1. The van der Waals surface area contributed by atoms with Crippen LogP contribution in [0.2, 0.25) is 0 Å². The van der Waals surface area contributed by atoms with Crippen LogP contribution in [0.15, 0.2) is 40.6 Å². The Morgan fingerprint density at radius 1 is 1.31 bits per heavy atom. The molecule has 0 unspecified atom stereocenters. The van der Waals surface area contributed by atoms with Crippen molar-refractivity contribution in [3.8, 4) is 16.9 Å². The lowest BCUT2D eigenvalue weighted by Crippen LogP contribution is -2.08. The lowest BCUT2D eigenvalue weighted by Gasteiger charge is -2.14. The van der Waals surface area contributed by atoms with Crippen LogP contribution in [-0.2, 0) is 0 Å². The van der Waals surface area contributed by atoms with Crippen molar-refractivity contribution < 1.29 is 5.11 Å². The average Bonchev–Trinajstić information content (AvgIpc) is 3.13. The highest BCUT2D eigenvalue weighted by atomic mass is 32.1. The lowest BCUT2D eigenvalue weighted by atomic mass is 9.93. The molecule has 0 saturated heterocycles. The van der Waals surface area contributed by atoms with Gasteiger partial charge in [0, 0.05) is 10.9 Å². The van der Waals surface area contributed by atoms with E-state index in [9.17, 15) is 9.90 Å². The first-order valence-electron chi connectivity index (χ1n) is 8.43. The number of rotatable bonds is 3. The number of aromatic hydroxyl groups is 1. The zero-order valence-electron chi connectivity index (χ0n) is 14.5. The summed E-state index contributed by atoms with van der Waals surface area (Å²) in [6.07, 6.45) is 0. The highest BCUT2D eigenvalue weighted by molar-refractivity contribution is 7.16. The van der Waals surface area contributed by atoms with Crippen molar-refractivity contribution in [2.24, 2.45) is 5.73 Å². The van der Waals surface area contributed by atoms with Crippen LogP contribution in [0, 0.1) is 6.92 Å². The van der Waals surface area contributed by atoms with Crippen molar-refractivity contribution in [3.05, 3.63) is 57.3 Å². The first-order chi connectivity index (χ1) is 12.5. The number of hydrogen-bond donors (Lipinski definition) is 3. The van der Waals surface area contributed by atoms with Gasteiger partial charge in [-0.3, -0.25) is 4.79 Å². The number of nitrogens with one attached hydrogen (secondary N) is 1. The fraction of sp³-hybridized carbons (Fsp3) is 0.200. The third kappa shape index (κ3) is 2.50. The van der Waals surface area contributed by atoms with Crippen LogP contribution in [0.3, 0.4) is 0 Å². The molecule has 4 rings (SSSR count). The molecule has 26 heavy (non-hydrogen) atoms. The van der Waals surface area contributed by atoms with Gasteiger partial charge in [0.05, 0.1) is 16.5 Å². The molecule has 2 aromatic heterocycles. The normalized spacial score (nSPS) is 12.7. The van der Waals surface area contributed by atoms with E-state index >= 15 is 0 Å². The van der Waals surface area contributed by atoms with Crippen LogP contribution in [-0.4, -0.2) is 21.6 Å². The molecule has 0 aliphatic rings. The number of phenolic OH excluding ortho intramolecular Hbond substituents is 1. The number of phenols is 1. The summed E-state index contributed by atoms with van der Waals surface area (Å²) in [5.41, 5.74) is 12.1. The number of fused-ring (bicyclic) bond motifs is 3. The van der Waals surface area contributed by atoms with E-state index in [0.717, 1.165) is 22.1 Å². The SMILES string of the molecule is Cc1cc(O)c(-c2ccc([C@@H](C)CN)cc2)c2c1[nH]c(=O)c1scnc12. The summed E-state index contributed by atoms with van der Waals surface area (Å²) in [6, 6.07) is 9.70. The summed E-state index contributed by atoms with van der Waals surface area (Å²) in [5.74, 6) is 0.449. The Kier molecular flexibility index (Phi) is 4.01. The second kappa shape index (κ2) is 6.23. The van der Waals surface area contributed by atoms with Gasteiger partial charge in [0.15, 0.2) is 0 Å². The van der Waals surface area contributed by atoms with E-state index in [0.29, 0.717) is 27.8 Å².